The zero-order chi connectivity index (χ0) is 11.9. The summed E-state index contributed by atoms with van der Waals surface area (Å²) in [5.74, 6) is 0.464. The van der Waals surface area contributed by atoms with Crippen molar-refractivity contribution in [3.8, 4) is 0 Å². The van der Waals surface area contributed by atoms with Crippen LogP contribution in [-0.2, 0) is 4.79 Å². The minimum atomic E-state index is -0.00174. The molecule has 0 aromatic carbocycles. The van der Waals surface area contributed by atoms with E-state index in [0.29, 0.717) is 12.3 Å². The first-order chi connectivity index (χ1) is 7.66. The van der Waals surface area contributed by atoms with Gasteiger partial charge in [0, 0.05) is 24.9 Å². The highest BCUT2D eigenvalue weighted by molar-refractivity contribution is 5.85. The Morgan fingerprint density at radius 2 is 1.33 bits per heavy atom. The first-order valence-corrected chi connectivity index (χ1v) is 6.67. The number of Topliss-reactive ketones (excluding diaryl/α,β-unsaturated/α-hetero) is 1. The van der Waals surface area contributed by atoms with Crippen molar-refractivity contribution in [2.45, 2.75) is 69.7 Å². The van der Waals surface area contributed by atoms with Crippen molar-refractivity contribution in [3.63, 3.8) is 0 Å². The second kappa shape index (κ2) is 11.0. The third-order valence-electron chi connectivity index (χ3n) is 3.67. The summed E-state index contributed by atoms with van der Waals surface area (Å²) in [5.41, 5.74) is 11.4. The highest BCUT2D eigenvalue weighted by Gasteiger charge is 2.24. The normalized spacial score (nSPS) is 21.8. The molecule has 0 bridgehead atoms. The van der Waals surface area contributed by atoms with Gasteiger partial charge >= 0.3 is 0 Å². The van der Waals surface area contributed by atoms with Gasteiger partial charge in [0.1, 0.15) is 5.78 Å². The second-order valence-electron chi connectivity index (χ2n) is 5.23. The summed E-state index contributed by atoms with van der Waals surface area (Å²) in [6.45, 7) is 0.660. The number of ketones is 1. The quantitative estimate of drug-likeness (QED) is 0.782. The fraction of sp³-hybridized carbons (Fsp3) is 0.923. The number of halogens is 2. The number of carbonyl (C=O) groups excluding carboxylic acids is 1. The van der Waals surface area contributed by atoms with Gasteiger partial charge in [-0.2, -0.15) is 0 Å². The van der Waals surface area contributed by atoms with Gasteiger partial charge in [0.25, 0.3) is 0 Å². The van der Waals surface area contributed by atoms with Gasteiger partial charge in [-0.25, -0.2) is 0 Å². The lowest BCUT2D eigenvalue weighted by Gasteiger charge is -2.31. The first kappa shape index (κ1) is 20.5. The Morgan fingerprint density at radius 3 is 1.61 bits per heavy atom. The zero-order valence-corrected chi connectivity index (χ0v) is 12.8. The highest BCUT2D eigenvalue weighted by Crippen LogP contribution is 2.24. The molecule has 2 saturated carbocycles. The van der Waals surface area contributed by atoms with Crippen molar-refractivity contribution in [2.75, 3.05) is 6.54 Å². The third-order valence-corrected chi connectivity index (χ3v) is 3.67. The molecule has 110 valence electrons. The lowest BCUT2D eigenvalue weighted by molar-refractivity contribution is -0.120. The van der Waals surface area contributed by atoms with Crippen LogP contribution in [0.3, 0.4) is 0 Å². The van der Waals surface area contributed by atoms with Crippen LogP contribution in [0.1, 0.15) is 64.2 Å². The van der Waals surface area contributed by atoms with E-state index in [9.17, 15) is 4.79 Å². The van der Waals surface area contributed by atoms with Crippen LogP contribution in [0.4, 0.5) is 0 Å². The SMILES string of the molecule is Cl.Cl.NCC1(N)CCCCC1.O=C1CCCCC1. The van der Waals surface area contributed by atoms with Crippen molar-refractivity contribution in [1.29, 1.82) is 0 Å². The largest absolute Gasteiger partial charge is 0.329 e. The summed E-state index contributed by atoms with van der Waals surface area (Å²) in [7, 11) is 0. The van der Waals surface area contributed by atoms with Crippen LogP contribution in [0.15, 0.2) is 0 Å². The van der Waals surface area contributed by atoms with Crippen molar-refractivity contribution in [3.05, 3.63) is 0 Å². The number of rotatable bonds is 1. The lowest BCUT2D eigenvalue weighted by Crippen LogP contribution is -2.48. The molecule has 5 heteroatoms. The molecule has 0 aliphatic heterocycles. The van der Waals surface area contributed by atoms with Crippen LogP contribution >= 0.6 is 24.8 Å². The molecule has 0 aromatic heterocycles. The predicted octanol–water partition coefficient (Wildman–Crippen LogP) is 2.97. The summed E-state index contributed by atoms with van der Waals surface area (Å²) in [6, 6.07) is 0. The number of nitrogens with two attached hydrogens (primary N) is 2. The number of hydrogen-bond donors (Lipinski definition) is 2. The zero-order valence-electron chi connectivity index (χ0n) is 11.2. The molecular formula is C13H28Cl2N2O. The maximum absolute atomic E-state index is 10.5. The molecule has 0 unspecified atom stereocenters. The van der Waals surface area contributed by atoms with Gasteiger partial charge < -0.3 is 11.5 Å². The fourth-order valence-corrected chi connectivity index (χ4v) is 2.41. The molecule has 2 rings (SSSR count). The Labute approximate surface area is 123 Å². The van der Waals surface area contributed by atoms with Crippen molar-refractivity contribution < 1.29 is 4.79 Å². The van der Waals surface area contributed by atoms with E-state index in [2.05, 4.69) is 0 Å². The smallest absolute Gasteiger partial charge is 0.132 e. The minimum Gasteiger partial charge on any atom is -0.329 e. The first-order valence-electron chi connectivity index (χ1n) is 6.67. The summed E-state index contributed by atoms with van der Waals surface area (Å²) < 4.78 is 0. The Bertz CT molecular complexity index is 211. The van der Waals surface area contributed by atoms with Crippen LogP contribution in [-0.4, -0.2) is 17.9 Å². The van der Waals surface area contributed by atoms with E-state index in [4.69, 9.17) is 11.5 Å². The van der Waals surface area contributed by atoms with E-state index in [0.717, 1.165) is 38.5 Å². The molecule has 3 nitrogen and oxygen atoms in total. The van der Waals surface area contributed by atoms with Gasteiger partial charge in [-0.3, -0.25) is 4.79 Å². The molecular weight excluding hydrogens is 271 g/mol. The summed E-state index contributed by atoms with van der Waals surface area (Å²) in [4.78, 5) is 10.5. The third kappa shape index (κ3) is 8.30. The molecule has 0 saturated heterocycles. The van der Waals surface area contributed by atoms with Gasteiger partial charge in [0.2, 0.25) is 0 Å². The molecule has 0 atom stereocenters. The van der Waals surface area contributed by atoms with Crippen LogP contribution in [0.25, 0.3) is 0 Å². The van der Waals surface area contributed by atoms with E-state index >= 15 is 0 Å². The molecule has 2 fully saturated rings. The van der Waals surface area contributed by atoms with Crippen molar-refractivity contribution in [2.24, 2.45) is 11.5 Å². The van der Waals surface area contributed by atoms with E-state index in [1.165, 1.54) is 25.7 Å². The summed E-state index contributed by atoms with van der Waals surface area (Å²) in [6.07, 6.45) is 11.4. The van der Waals surface area contributed by atoms with E-state index in [-0.39, 0.29) is 30.4 Å². The Morgan fingerprint density at radius 1 is 0.889 bits per heavy atom. The molecule has 0 radical (unpaired) electrons. The van der Waals surface area contributed by atoms with Crippen LogP contribution in [0, 0.1) is 0 Å². The Kier molecular flexibility index (Phi) is 12.6. The van der Waals surface area contributed by atoms with Gasteiger partial charge in [0.15, 0.2) is 0 Å². The molecule has 2 aliphatic rings. The summed E-state index contributed by atoms with van der Waals surface area (Å²) in [5, 5.41) is 0. The van der Waals surface area contributed by atoms with E-state index < -0.39 is 0 Å². The lowest BCUT2D eigenvalue weighted by atomic mass is 9.83. The average molecular weight is 299 g/mol. The van der Waals surface area contributed by atoms with E-state index in [1.807, 2.05) is 0 Å². The number of hydrogen-bond acceptors (Lipinski definition) is 3. The maximum Gasteiger partial charge on any atom is 0.132 e. The van der Waals surface area contributed by atoms with Gasteiger partial charge in [-0.1, -0.05) is 25.7 Å². The van der Waals surface area contributed by atoms with Crippen LogP contribution in [0.5, 0.6) is 0 Å². The van der Waals surface area contributed by atoms with Gasteiger partial charge in [-0.05, 0) is 25.7 Å². The van der Waals surface area contributed by atoms with Crippen molar-refractivity contribution >= 4 is 30.6 Å². The molecule has 0 amide bonds. The van der Waals surface area contributed by atoms with Crippen LogP contribution < -0.4 is 11.5 Å². The highest BCUT2D eigenvalue weighted by atomic mass is 35.5. The fourth-order valence-electron chi connectivity index (χ4n) is 2.41. The average Bonchev–Trinajstić information content (AvgIpc) is 2.32. The molecule has 0 aromatic rings. The van der Waals surface area contributed by atoms with Crippen LogP contribution in [0.2, 0.25) is 0 Å². The molecule has 0 heterocycles. The number of carbonyl (C=O) groups is 1. The predicted molar refractivity (Wildman–Crippen MR) is 81.6 cm³/mol. The van der Waals surface area contributed by atoms with Crippen molar-refractivity contribution in [1.82, 2.24) is 0 Å². The topological polar surface area (TPSA) is 69.1 Å². The minimum absolute atomic E-state index is 0. The Hall–Kier alpha value is 0.170. The van der Waals surface area contributed by atoms with Gasteiger partial charge in [0.05, 0.1) is 0 Å². The summed E-state index contributed by atoms with van der Waals surface area (Å²) >= 11 is 0. The molecule has 18 heavy (non-hydrogen) atoms. The molecule has 2 aliphatic carbocycles. The Balaban J connectivity index is 0. The molecule has 0 spiro atoms. The van der Waals surface area contributed by atoms with Gasteiger partial charge in [-0.15, -0.1) is 24.8 Å². The molecule has 4 N–H and O–H groups in total. The second-order valence-corrected chi connectivity index (χ2v) is 5.23. The standard InChI is InChI=1S/C7H16N2.C6H10O.2ClH/c8-6-7(9)4-2-1-3-5-7;7-6-4-2-1-3-5-6;;/h1-6,8-9H2;1-5H2;2*1H. The monoisotopic (exact) mass is 298 g/mol. The maximum atomic E-state index is 10.5. The van der Waals surface area contributed by atoms with E-state index in [1.54, 1.807) is 0 Å².